The number of amides is 1. The molecule has 3 aromatic rings. The van der Waals surface area contributed by atoms with E-state index in [-0.39, 0.29) is 10.8 Å². The van der Waals surface area contributed by atoms with E-state index in [0.717, 1.165) is 31.4 Å². The van der Waals surface area contributed by atoms with Crippen LogP contribution in [0.3, 0.4) is 0 Å². The summed E-state index contributed by atoms with van der Waals surface area (Å²) in [6.07, 6.45) is 5.57. The van der Waals surface area contributed by atoms with Crippen LogP contribution in [0.15, 0.2) is 58.9 Å². The number of anilines is 1. The molecule has 30 heavy (non-hydrogen) atoms. The first-order chi connectivity index (χ1) is 14.5. The number of nitrogens with zero attached hydrogens (tertiary/aromatic N) is 3. The van der Waals surface area contributed by atoms with E-state index >= 15 is 0 Å². The largest absolute Gasteiger partial charge is 0.298 e. The Bertz CT molecular complexity index is 1100. The highest BCUT2D eigenvalue weighted by molar-refractivity contribution is 7.89. The zero-order chi connectivity index (χ0) is 21.0. The summed E-state index contributed by atoms with van der Waals surface area (Å²) in [7, 11) is -3.53. The third kappa shape index (κ3) is 4.58. The van der Waals surface area contributed by atoms with Gasteiger partial charge in [0.2, 0.25) is 10.0 Å². The number of pyridine rings is 1. The highest BCUT2D eigenvalue weighted by atomic mass is 32.2. The number of carbonyl (C=O) groups excluding carboxylic acids is 1. The molecule has 156 valence electrons. The van der Waals surface area contributed by atoms with Gasteiger partial charge in [-0.2, -0.15) is 4.31 Å². The molecule has 3 heterocycles. The summed E-state index contributed by atoms with van der Waals surface area (Å²) < 4.78 is 27.3. The Kier molecular flexibility index (Phi) is 6.21. The van der Waals surface area contributed by atoms with E-state index in [4.69, 9.17) is 0 Å². The first-order valence-corrected chi connectivity index (χ1v) is 12.1. The SMILES string of the molecule is O=C(Nc1nc(-c2ccccn2)cs1)c1ccc(S(=O)(=O)N2CCCCCC2)cc1. The van der Waals surface area contributed by atoms with Crippen LogP contribution in [0.25, 0.3) is 11.4 Å². The molecule has 0 radical (unpaired) electrons. The number of hydrogen-bond acceptors (Lipinski definition) is 6. The Morgan fingerprint density at radius 3 is 2.37 bits per heavy atom. The van der Waals surface area contributed by atoms with Gasteiger partial charge in [0.1, 0.15) is 5.69 Å². The normalized spacial score (nSPS) is 15.5. The van der Waals surface area contributed by atoms with Crippen LogP contribution < -0.4 is 5.32 Å². The summed E-state index contributed by atoms with van der Waals surface area (Å²) >= 11 is 1.31. The summed E-state index contributed by atoms with van der Waals surface area (Å²) in [5.41, 5.74) is 1.80. The second-order valence-corrected chi connectivity index (χ2v) is 9.85. The lowest BCUT2D eigenvalue weighted by Crippen LogP contribution is -2.31. The molecule has 0 unspecified atom stereocenters. The van der Waals surface area contributed by atoms with Gasteiger partial charge in [-0.3, -0.25) is 15.1 Å². The molecule has 0 aliphatic carbocycles. The molecule has 0 bridgehead atoms. The molecular weight excluding hydrogens is 420 g/mol. The average molecular weight is 443 g/mol. The van der Waals surface area contributed by atoms with Crippen molar-refractivity contribution in [3.05, 3.63) is 59.6 Å². The van der Waals surface area contributed by atoms with Gasteiger partial charge in [-0.05, 0) is 49.2 Å². The number of sulfonamides is 1. The molecule has 0 atom stereocenters. The van der Waals surface area contributed by atoms with E-state index < -0.39 is 10.0 Å². The van der Waals surface area contributed by atoms with Crippen LogP contribution in [0.4, 0.5) is 5.13 Å². The van der Waals surface area contributed by atoms with E-state index in [1.165, 1.54) is 35.6 Å². The molecule has 1 aliphatic rings. The number of aromatic nitrogens is 2. The molecule has 7 nitrogen and oxygen atoms in total. The van der Waals surface area contributed by atoms with E-state index in [0.29, 0.717) is 29.5 Å². The minimum Gasteiger partial charge on any atom is -0.298 e. The van der Waals surface area contributed by atoms with Crippen LogP contribution >= 0.6 is 11.3 Å². The van der Waals surface area contributed by atoms with Crippen molar-refractivity contribution in [1.29, 1.82) is 0 Å². The van der Waals surface area contributed by atoms with Gasteiger partial charge in [-0.25, -0.2) is 13.4 Å². The maximum absolute atomic E-state index is 12.9. The van der Waals surface area contributed by atoms with Crippen LogP contribution in [-0.2, 0) is 10.0 Å². The number of rotatable bonds is 5. The van der Waals surface area contributed by atoms with Gasteiger partial charge in [0, 0.05) is 30.2 Å². The Hall–Kier alpha value is -2.62. The quantitative estimate of drug-likeness (QED) is 0.644. The second kappa shape index (κ2) is 9.03. The fourth-order valence-corrected chi connectivity index (χ4v) is 5.56. The summed E-state index contributed by atoms with van der Waals surface area (Å²) in [6.45, 7) is 1.10. The Balaban J connectivity index is 1.45. The highest BCUT2D eigenvalue weighted by Gasteiger charge is 2.25. The predicted octanol–water partition coefficient (Wildman–Crippen LogP) is 4.02. The third-order valence-electron chi connectivity index (χ3n) is 4.97. The molecule has 1 aliphatic heterocycles. The molecule has 1 saturated heterocycles. The first kappa shape index (κ1) is 20.6. The Morgan fingerprint density at radius 2 is 1.70 bits per heavy atom. The zero-order valence-corrected chi connectivity index (χ0v) is 18.0. The van der Waals surface area contributed by atoms with Crippen LogP contribution in [0, 0.1) is 0 Å². The molecule has 9 heteroatoms. The van der Waals surface area contributed by atoms with Crippen molar-refractivity contribution in [2.45, 2.75) is 30.6 Å². The zero-order valence-electron chi connectivity index (χ0n) is 16.3. The van der Waals surface area contributed by atoms with Crippen molar-refractivity contribution in [3.63, 3.8) is 0 Å². The maximum Gasteiger partial charge on any atom is 0.257 e. The number of nitrogens with one attached hydrogen (secondary N) is 1. The standard InChI is InChI=1S/C21H22N4O3S2/c26-20(24-21-23-19(15-29-21)18-7-3-4-12-22-18)16-8-10-17(11-9-16)30(27,28)25-13-5-1-2-6-14-25/h3-4,7-12,15H,1-2,5-6,13-14H2,(H,23,24,26). The van der Waals surface area contributed by atoms with Crippen LogP contribution in [0.5, 0.6) is 0 Å². The molecule has 1 fully saturated rings. The maximum atomic E-state index is 12.9. The second-order valence-electron chi connectivity index (χ2n) is 7.05. The lowest BCUT2D eigenvalue weighted by molar-refractivity contribution is 0.102. The van der Waals surface area contributed by atoms with E-state index in [2.05, 4.69) is 15.3 Å². The van der Waals surface area contributed by atoms with E-state index in [9.17, 15) is 13.2 Å². The molecular formula is C21H22N4O3S2. The molecule has 1 aromatic carbocycles. The van der Waals surface area contributed by atoms with E-state index in [1.807, 2.05) is 23.6 Å². The minimum atomic E-state index is -3.53. The smallest absolute Gasteiger partial charge is 0.257 e. The van der Waals surface area contributed by atoms with Gasteiger partial charge in [-0.1, -0.05) is 18.9 Å². The number of thiazole rings is 1. The van der Waals surface area contributed by atoms with Crippen molar-refractivity contribution in [3.8, 4) is 11.4 Å². The minimum absolute atomic E-state index is 0.215. The van der Waals surface area contributed by atoms with Crippen LogP contribution in [0.1, 0.15) is 36.0 Å². The van der Waals surface area contributed by atoms with Gasteiger partial charge in [0.15, 0.2) is 5.13 Å². The lowest BCUT2D eigenvalue weighted by atomic mass is 10.2. The molecule has 0 spiro atoms. The fourth-order valence-electron chi connectivity index (χ4n) is 3.34. The third-order valence-corrected chi connectivity index (χ3v) is 7.64. The van der Waals surface area contributed by atoms with Crippen LogP contribution in [0.2, 0.25) is 0 Å². The first-order valence-electron chi connectivity index (χ1n) is 9.82. The van der Waals surface area contributed by atoms with Crippen LogP contribution in [-0.4, -0.2) is 41.7 Å². The Morgan fingerprint density at radius 1 is 0.967 bits per heavy atom. The van der Waals surface area contributed by atoms with Gasteiger partial charge < -0.3 is 0 Å². The number of hydrogen-bond donors (Lipinski definition) is 1. The summed E-state index contributed by atoms with van der Waals surface area (Å²) in [5, 5.41) is 5.05. The van der Waals surface area contributed by atoms with Crippen molar-refractivity contribution in [1.82, 2.24) is 14.3 Å². The molecule has 1 amide bonds. The van der Waals surface area contributed by atoms with Crippen molar-refractivity contribution in [2.24, 2.45) is 0 Å². The van der Waals surface area contributed by atoms with Crippen molar-refractivity contribution >= 4 is 32.4 Å². The fraction of sp³-hybridized carbons (Fsp3) is 0.286. The molecule has 4 rings (SSSR count). The number of carbonyl (C=O) groups is 1. The van der Waals surface area contributed by atoms with Gasteiger partial charge >= 0.3 is 0 Å². The highest BCUT2D eigenvalue weighted by Crippen LogP contribution is 2.24. The van der Waals surface area contributed by atoms with Crippen molar-refractivity contribution in [2.75, 3.05) is 18.4 Å². The van der Waals surface area contributed by atoms with Crippen molar-refractivity contribution < 1.29 is 13.2 Å². The summed E-state index contributed by atoms with van der Waals surface area (Å²) in [6, 6.07) is 11.6. The molecule has 1 N–H and O–H groups in total. The topological polar surface area (TPSA) is 92.3 Å². The van der Waals surface area contributed by atoms with Gasteiger partial charge in [0.05, 0.1) is 10.6 Å². The predicted molar refractivity (Wildman–Crippen MR) is 117 cm³/mol. The molecule has 2 aromatic heterocycles. The van der Waals surface area contributed by atoms with Gasteiger partial charge in [0.25, 0.3) is 5.91 Å². The molecule has 0 saturated carbocycles. The lowest BCUT2D eigenvalue weighted by Gasteiger charge is -2.20. The van der Waals surface area contributed by atoms with Gasteiger partial charge in [-0.15, -0.1) is 11.3 Å². The summed E-state index contributed by atoms with van der Waals surface area (Å²) in [5.74, 6) is -0.337. The summed E-state index contributed by atoms with van der Waals surface area (Å²) in [4.78, 5) is 21.4. The number of benzene rings is 1. The average Bonchev–Trinajstić information content (AvgIpc) is 3.05. The van der Waals surface area contributed by atoms with E-state index in [1.54, 1.807) is 10.5 Å². The monoisotopic (exact) mass is 442 g/mol. The Labute approximate surface area is 179 Å².